The molecule has 2 atom stereocenters. The largest absolute Gasteiger partial charge is 0.395 e. The van der Waals surface area contributed by atoms with Crippen molar-refractivity contribution in [2.24, 2.45) is 0 Å². The van der Waals surface area contributed by atoms with E-state index in [2.05, 4.69) is 10.3 Å². The van der Waals surface area contributed by atoms with E-state index in [1.54, 1.807) is 19.5 Å². The molecule has 0 saturated heterocycles. The van der Waals surface area contributed by atoms with Crippen molar-refractivity contribution in [3.05, 3.63) is 30.1 Å². The lowest BCUT2D eigenvalue weighted by atomic mass is 10.1. The van der Waals surface area contributed by atoms with Crippen LogP contribution in [0.5, 0.6) is 0 Å². The Hall–Kier alpha value is -0.970. The zero-order valence-electron chi connectivity index (χ0n) is 9.18. The molecule has 0 aliphatic heterocycles. The van der Waals surface area contributed by atoms with Crippen LogP contribution in [0.25, 0.3) is 0 Å². The highest BCUT2D eigenvalue weighted by Crippen LogP contribution is 2.10. The zero-order valence-corrected chi connectivity index (χ0v) is 9.18. The average Bonchev–Trinajstić information content (AvgIpc) is 2.29. The van der Waals surface area contributed by atoms with Crippen molar-refractivity contribution in [2.75, 3.05) is 20.3 Å². The Bertz CT molecular complexity index is 267. The van der Waals surface area contributed by atoms with Crippen LogP contribution in [-0.4, -0.2) is 36.5 Å². The molecule has 2 N–H and O–H groups in total. The summed E-state index contributed by atoms with van der Waals surface area (Å²) in [4.78, 5) is 3.96. The predicted molar refractivity (Wildman–Crippen MR) is 58.5 cm³/mol. The topological polar surface area (TPSA) is 54.4 Å². The van der Waals surface area contributed by atoms with E-state index in [0.29, 0.717) is 6.61 Å². The van der Waals surface area contributed by atoms with Gasteiger partial charge in [-0.1, -0.05) is 0 Å². The van der Waals surface area contributed by atoms with Gasteiger partial charge < -0.3 is 15.2 Å². The summed E-state index contributed by atoms with van der Waals surface area (Å²) in [5.74, 6) is 0. The predicted octanol–water partition coefficient (Wildman–Crippen LogP) is 0.739. The van der Waals surface area contributed by atoms with Gasteiger partial charge in [-0.2, -0.15) is 0 Å². The molecule has 4 heteroatoms. The molecule has 4 nitrogen and oxygen atoms in total. The third kappa shape index (κ3) is 3.95. The van der Waals surface area contributed by atoms with Crippen LogP contribution in [0.3, 0.4) is 0 Å². The van der Waals surface area contributed by atoms with Crippen molar-refractivity contribution in [2.45, 2.75) is 19.0 Å². The van der Waals surface area contributed by atoms with Crippen LogP contribution in [0.1, 0.15) is 18.5 Å². The number of nitrogens with zero attached hydrogens (tertiary/aromatic N) is 1. The number of rotatable bonds is 6. The Labute approximate surface area is 90.3 Å². The Morgan fingerprint density at radius 3 is 2.67 bits per heavy atom. The molecule has 0 aromatic carbocycles. The standard InChI is InChI=1S/C11H18N2O2/c1-9(10-3-5-12-6-4-10)13-11(7-14)8-15-2/h3-6,9,11,13-14H,7-8H2,1-2H3. The number of hydrogen-bond donors (Lipinski definition) is 2. The fourth-order valence-electron chi connectivity index (χ4n) is 1.46. The van der Waals surface area contributed by atoms with Gasteiger partial charge in [0.2, 0.25) is 0 Å². The number of methoxy groups -OCH3 is 1. The molecule has 0 amide bonds. The van der Waals surface area contributed by atoms with Gasteiger partial charge in [-0.05, 0) is 24.6 Å². The molecule has 1 heterocycles. The van der Waals surface area contributed by atoms with E-state index in [0.717, 1.165) is 5.56 Å². The molecule has 0 bridgehead atoms. The smallest absolute Gasteiger partial charge is 0.0638 e. The lowest BCUT2D eigenvalue weighted by Crippen LogP contribution is -2.38. The minimum atomic E-state index is -0.0295. The maximum Gasteiger partial charge on any atom is 0.0638 e. The molecule has 0 fully saturated rings. The molecule has 1 aromatic heterocycles. The van der Waals surface area contributed by atoms with E-state index in [9.17, 15) is 0 Å². The second-order valence-electron chi connectivity index (χ2n) is 3.50. The summed E-state index contributed by atoms with van der Waals surface area (Å²) < 4.78 is 5.00. The van der Waals surface area contributed by atoms with Gasteiger partial charge >= 0.3 is 0 Å². The lowest BCUT2D eigenvalue weighted by Gasteiger charge is -2.21. The minimum Gasteiger partial charge on any atom is -0.395 e. The van der Waals surface area contributed by atoms with Crippen molar-refractivity contribution >= 4 is 0 Å². The van der Waals surface area contributed by atoms with Crippen LogP contribution in [-0.2, 0) is 4.74 Å². The van der Waals surface area contributed by atoms with Gasteiger partial charge in [-0.25, -0.2) is 0 Å². The first-order valence-corrected chi connectivity index (χ1v) is 5.03. The highest BCUT2D eigenvalue weighted by molar-refractivity contribution is 5.14. The lowest BCUT2D eigenvalue weighted by molar-refractivity contribution is 0.123. The highest BCUT2D eigenvalue weighted by Gasteiger charge is 2.11. The fourth-order valence-corrected chi connectivity index (χ4v) is 1.46. The number of hydrogen-bond acceptors (Lipinski definition) is 4. The summed E-state index contributed by atoms with van der Waals surface area (Å²) in [7, 11) is 1.63. The molecule has 1 aromatic rings. The molecule has 0 aliphatic carbocycles. The first-order chi connectivity index (χ1) is 7.27. The monoisotopic (exact) mass is 210 g/mol. The van der Waals surface area contributed by atoms with E-state index in [-0.39, 0.29) is 18.7 Å². The third-order valence-corrected chi connectivity index (χ3v) is 2.28. The molecule has 0 radical (unpaired) electrons. The highest BCUT2D eigenvalue weighted by atomic mass is 16.5. The maximum atomic E-state index is 9.10. The summed E-state index contributed by atoms with van der Waals surface area (Å²) in [6, 6.07) is 4.07. The molecule has 1 rings (SSSR count). The van der Waals surface area contributed by atoms with Crippen LogP contribution < -0.4 is 5.32 Å². The molecule has 2 unspecified atom stereocenters. The number of aliphatic hydroxyl groups excluding tert-OH is 1. The van der Waals surface area contributed by atoms with E-state index in [1.165, 1.54) is 0 Å². The van der Waals surface area contributed by atoms with E-state index >= 15 is 0 Å². The van der Waals surface area contributed by atoms with Gasteiger partial charge in [0.25, 0.3) is 0 Å². The Morgan fingerprint density at radius 2 is 2.13 bits per heavy atom. The second-order valence-corrected chi connectivity index (χ2v) is 3.50. The Kier molecular flexibility index (Phi) is 5.25. The van der Waals surface area contributed by atoms with Crippen molar-refractivity contribution in [1.29, 1.82) is 0 Å². The molecule has 0 spiro atoms. The number of aromatic nitrogens is 1. The zero-order chi connectivity index (χ0) is 11.1. The normalized spacial score (nSPS) is 14.9. The van der Waals surface area contributed by atoms with Crippen LogP contribution >= 0.6 is 0 Å². The first-order valence-electron chi connectivity index (χ1n) is 5.03. The van der Waals surface area contributed by atoms with Crippen LogP contribution in [0.4, 0.5) is 0 Å². The summed E-state index contributed by atoms with van der Waals surface area (Å²) in [5, 5.41) is 12.4. The summed E-state index contributed by atoms with van der Waals surface area (Å²) in [5.41, 5.74) is 1.15. The van der Waals surface area contributed by atoms with Crippen molar-refractivity contribution in [1.82, 2.24) is 10.3 Å². The van der Waals surface area contributed by atoms with E-state index < -0.39 is 0 Å². The van der Waals surface area contributed by atoms with Crippen LogP contribution in [0.2, 0.25) is 0 Å². The number of pyridine rings is 1. The summed E-state index contributed by atoms with van der Waals surface area (Å²) in [6.07, 6.45) is 3.52. The number of ether oxygens (including phenoxy) is 1. The SMILES string of the molecule is COCC(CO)NC(C)c1ccncc1. The van der Waals surface area contributed by atoms with Gasteiger partial charge in [0.1, 0.15) is 0 Å². The molecule has 84 valence electrons. The van der Waals surface area contributed by atoms with Crippen LogP contribution in [0.15, 0.2) is 24.5 Å². The molecule has 0 saturated carbocycles. The Balaban J connectivity index is 2.50. The van der Waals surface area contributed by atoms with Crippen molar-refractivity contribution in [3.8, 4) is 0 Å². The van der Waals surface area contributed by atoms with E-state index in [4.69, 9.17) is 9.84 Å². The Morgan fingerprint density at radius 1 is 1.47 bits per heavy atom. The second kappa shape index (κ2) is 6.50. The van der Waals surface area contributed by atoms with Crippen molar-refractivity contribution < 1.29 is 9.84 Å². The van der Waals surface area contributed by atoms with Gasteiger partial charge in [-0.15, -0.1) is 0 Å². The summed E-state index contributed by atoms with van der Waals surface area (Å²) >= 11 is 0. The van der Waals surface area contributed by atoms with Crippen LogP contribution in [0, 0.1) is 0 Å². The third-order valence-electron chi connectivity index (χ3n) is 2.28. The maximum absolute atomic E-state index is 9.10. The average molecular weight is 210 g/mol. The van der Waals surface area contributed by atoms with E-state index in [1.807, 2.05) is 19.1 Å². The summed E-state index contributed by atoms with van der Waals surface area (Å²) in [6.45, 7) is 2.63. The number of aliphatic hydroxyl groups is 1. The minimum absolute atomic E-state index is 0.0295. The molecule has 15 heavy (non-hydrogen) atoms. The molecular formula is C11H18N2O2. The molecule has 0 aliphatic rings. The first kappa shape index (κ1) is 12.1. The fraction of sp³-hybridized carbons (Fsp3) is 0.545. The van der Waals surface area contributed by atoms with Gasteiger partial charge in [0.15, 0.2) is 0 Å². The van der Waals surface area contributed by atoms with Gasteiger partial charge in [0, 0.05) is 25.5 Å². The quantitative estimate of drug-likeness (QED) is 0.727. The molecular weight excluding hydrogens is 192 g/mol. The van der Waals surface area contributed by atoms with Gasteiger partial charge in [0.05, 0.1) is 19.3 Å². The van der Waals surface area contributed by atoms with Crippen molar-refractivity contribution in [3.63, 3.8) is 0 Å². The van der Waals surface area contributed by atoms with Gasteiger partial charge in [-0.3, -0.25) is 4.98 Å². The number of nitrogens with one attached hydrogen (secondary N) is 1.